The van der Waals surface area contributed by atoms with Crippen LogP contribution in [0.25, 0.3) is 0 Å². The van der Waals surface area contributed by atoms with Gasteiger partial charge in [-0.1, -0.05) is 45.0 Å². The molecule has 1 aliphatic heterocycles. The van der Waals surface area contributed by atoms with Gasteiger partial charge in [0.15, 0.2) is 11.5 Å². The highest BCUT2D eigenvalue weighted by atomic mass is 16.6. The van der Waals surface area contributed by atoms with Crippen molar-refractivity contribution in [3.05, 3.63) is 54.1 Å². The molecule has 0 fully saturated rings. The molecule has 0 unspecified atom stereocenters. The number of carbonyl (C=O) groups excluding carboxylic acids is 1. The van der Waals surface area contributed by atoms with Gasteiger partial charge in [0, 0.05) is 0 Å². The lowest BCUT2D eigenvalue weighted by Crippen LogP contribution is -2.45. The van der Waals surface area contributed by atoms with Crippen molar-refractivity contribution < 1.29 is 19.0 Å². The predicted molar refractivity (Wildman–Crippen MR) is 100.0 cm³/mol. The van der Waals surface area contributed by atoms with Gasteiger partial charge < -0.3 is 19.5 Å². The van der Waals surface area contributed by atoms with Crippen LogP contribution in [0.15, 0.2) is 48.5 Å². The molecule has 2 aromatic rings. The highest BCUT2D eigenvalue weighted by Crippen LogP contribution is 2.30. The van der Waals surface area contributed by atoms with E-state index >= 15 is 0 Å². The summed E-state index contributed by atoms with van der Waals surface area (Å²) in [6.07, 6.45) is -0.643. The van der Waals surface area contributed by atoms with Crippen LogP contribution in [0.4, 0.5) is 0 Å². The Balaban J connectivity index is 1.42. The summed E-state index contributed by atoms with van der Waals surface area (Å²) in [6, 6.07) is 15.4. The maximum atomic E-state index is 12.2. The zero-order valence-electron chi connectivity index (χ0n) is 15.5. The molecule has 1 aliphatic rings. The zero-order chi connectivity index (χ0) is 18.6. The Morgan fingerprint density at radius 3 is 2.50 bits per heavy atom. The third-order valence-corrected chi connectivity index (χ3v) is 4.19. The van der Waals surface area contributed by atoms with Crippen molar-refractivity contribution in [1.82, 2.24) is 5.32 Å². The lowest BCUT2D eigenvalue weighted by Gasteiger charge is -2.25. The van der Waals surface area contributed by atoms with Crippen LogP contribution in [-0.2, 0) is 10.2 Å². The summed E-state index contributed by atoms with van der Waals surface area (Å²) in [6.45, 7) is 7.53. The van der Waals surface area contributed by atoms with Gasteiger partial charge in [0.05, 0.1) is 6.54 Å². The van der Waals surface area contributed by atoms with E-state index in [1.54, 1.807) is 6.07 Å². The zero-order valence-corrected chi connectivity index (χ0v) is 15.5. The van der Waals surface area contributed by atoms with E-state index in [1.807, 2.05) is 30.3 Å². The van der Waals surface area contributed by atoms with Crippen molar-refractivity contribution in [2.75, 3.05) is 19.8 Å². The Labute approximate surface area is 154 Å². The highest BCUT2D eigenvalue weighted by molar-refractivity contribution is 5.81. The molecule has 5 nitrogen and oxygen atoms in total. The maximum Gasteiger partial charge on any atom is 0.264 e. The summed E-state index contributed by atoms with van der Waals surface area (Å²) in [5.41, 5.74) is 1.38. The van der Waals surface area contributed by atoms with Crippen molar-refractivity contribution in [1.29, 1.82) is 0 Å². The fourth-order valence-electron chi connectivity index (χ4n) is 2.66. The Kier molecular flexibility index (Phi) is 5.35. The Hall–Kier alpha value is -2.69. The van der Waals surface area contributed by atoms with E-state index in [0.717, 1.165) is 5.75 Å². The molecule has 0 aliphatic carbocycles. The summed E-state index contributed by atoms with van der Waals surface area (Å²) in [5, 5.41) is 2.82. The first-order chi connectivity index (χ1) is 12.4. The number of hydrogen-bond acceptors (Lipinski definition) is 4. The van der Waals surface area contributed by atoms with Gasteiger partial charge in [-0.05, 0) is 35.2 Å². The smallest absolute Gasteiger partial charge is 0.264 e. The summed E-state index contributed by atoms with van der Waals surface area (Å²) in [7, 11) is 0. The van der Waals surface area contributed by atoms with Crippen LogP contribution in [0.3, 0.4) is 0 Å². The average molecular weight is 355 g/mol. The number of nitrogens with one attached hydrogen (secondary N) is 1. The van der Waals surface area contributed by atoms with Gasteiger partial charge in [0.1, 0.15) is 19.0 Å². The number of rotatable bonds is 5. The summed E-state index contributed by atoms with van der Waals surface area (Å²) < 4.78 is 16.9. The molecule has 2 aromatic carbocycles. The summed E-state index contributed by atoms with van der Waals surface area (Å²) >= 11 is 0. The number of carbonyl (C=O) groups is 1. The number of ether oxygens (including phenoxy) is 3. The van der Waals surface area contributed by atoms with Gasteiger partial charge in [-0.25, -0.2) is 0 Å². The molecule has 1 atom stereocenters. The summed E-state index contributed by atoms with van der Waals surface area (Å²) in [5.74, 6) is 1.84. The molecule has 1 amide bonds. The minimum absolute atomic E-state index is 0.118. The molecule has 5 heteroatoms. The second kappa shape index (κ2) is 7.68. The first-order valence-electron chi connectivity index (χ1n) is 8.83. The number of amides is 1. The lowest BCUT2D eigenvalue weighted by atomic mass is 9.87. The lowest BCUT2D eigenvalue weighted by molar-refractivity contribution is -0.130. The first kappa shape index (κ1) is 18.1. The van der Waals surface area contributed by atoms with E-state index in [9.17, 15) is 4.79 Å². The van der Waals surface area contributed by atoms with Crippen LogP contribution < -0.4 is 19.5 Å². The van der Waals surface area contributed by atoms with Crippen LogP contribution in [0, 0.1) is 0 Å². The molecule has 0 saturated heterocycles. The topological polar surface area (TPSA) is 56.8 Å². The monoisotopic (exact) mass is 355 g/mol. The second-order valence-electron chi connectivity index (χ2n) is 7.28. The molecule has 0 spiro atoms. The van der Waals surface area contributed by atoms with Crippen LogP contribution in [0.5, 0.6) is 17.2 Å². The number of hydrogen-bond donors (Lipinski definition) is 1. The molecule has 138 valence electrons. The van der Waals surface area contributed by atoms with Crippen LogP contribution in [0.2, 0.25) is 0 Å². The highest BCUT2D eigenvalue weighted by Gasteiger charge is 2.26. The predicted octanol–water partition coefficient (Wildman–Crippen LogP) is 3.32. The van der Waals surface area contributed by atoms with Crippen molar-refractivity contribution in [2.24, 2.45) is 0 Å². The Morgan fingerprint density at radius 2 is 1.81 bits per heavy atom. The first-order valence-corrected chi connectivity index (χ1v) is 8.83. The molecule has 0 bridgehead atoms. The third kappa shape index (κ3) is 4.48. The van der Waals surface area contributed by atoms with Crippen molar-refractivity contribution >= 4 is 5.91 Å². The minimum atomic E-state index is -0.643. The number of fused-ring (bicyclic) bond motifs is 1. The van der Waals surface area contributed by atoms with Crippen molar-refractivity contribution in [2.45, 2.75) is 32.3 Å². The van der Waals surface area contributed by atoms with Gasteiger partial charge in [-0.2, -0.15) is 0 Å². The molecular formula is C21H25NO4. The third-order valence-electron chi connectivity index (χ3n) is 4.19. The molecule has 1 N–H and O–H groups in total. The summed E-state index contributed by atoms with van der Waals surface area (Å²) in [4.78, 5) is 12.2. The molecule has 1 heterocycles. The molecule has 0 saturated carbocycles. The molecular weight excluding hydrogens is 330 g/mol. The normalized spacial score (nSPS) is 16.0. The van der Waals surface area contributed by atoms with E-state index in [1.165, 1.54) is 5.56 Å². The van der Waals surface area contributed by atoms with Gasteiger partial charge in [0.2, 0.25) is 6.10 Å². The number of benzene rings is 2. The molecule has 0 radical (unpaired) electrons. The molecule has 3 rings (SSSR count). The Morgan fingerprint density at radius 1 is 1.12 bits per heavy atom. The van der Waals surface area contributed by atoms with E-state index in [-0.39, 0.29) is 17.9 Å². The quantitative estimate of drug-likeness (QED) is 0.836. The van der Waals surface area contributed by atoms with E-state index < -0.39 is 6.10 Å². The average Bonchev–Trinajstić information content (AvgIpc) is 2.64. The van der Waals surface area contributed by atoms with Gasteiger partial charge in [-0.15, -0.1) is 0 Å². The largest absolute Gasteiger partial charge is 0.492 e. The van der Waals surface area contributed by atoms with Gasteiger partial charge >= 0.3 is 0 Å². The Bertz CT molecular complexity index is 749. The van der Waals surface area contributed by atoms with Crippen molar-refractivity contribution in [3.8, 4) is 17.2 Å². The minimum Gasteiger partial charge on any atom is -0.492 e. The SMILES string of the molecule is CC(C)(C)c1ccc(OCCNC(=O)[C@@H]2COc3ccccc3O2)cc1. The van der Waals surface area contributed by atoms with Crippen LogP contribution >= 0.6 is 0 Å². The van der Waals surface area contributed by atoms with Gasteiger partial charge in [-0.3, -0.25) is 4.79 Å². The van der Waals surface area contributed by atoms with E-state index in [0.29, 0.717) is 24.7 Å². The van der Waals surface area contributed by atoms with Gasteiger partial charge in [0.25, 0.3) is 5.91 Å². The maximum absolute atomic E-state index is 12.2. The van der Waals surface area contributed by atoms with E-state index in [4.69, 9.17) is 14.2 Å². The number of para-hydroxylation sites is 2. The molecule has 0 aromatic heterocycles. The van der Waals surface area contributed by atoms with Crippen LogP contribution in [-0.4, -0.2) is 31.8 Å². The van der Waals surface area contributed by atoms with E-state index in [2.05, 4.69) is 38.2 Å². The van der Waals surface area contributed by atoms with Crippen LogP contribution in [0.1, 0.15) is 26.3 Å². The second-order valence-corrected chi connectivity index (χ2v) is 7.28. The standard InChI is InChI=1S/C21H25NO4/c1-21(2,3)15-8-10-16(11-9-15)24-13-12-22-20(23)19-14-25-17-6-4-5-7-18(17)26-19/h4-11,19H,12-14H2,1-3H3,(H,22,23)/t19-/m0/s1. The fraction of sp³-hybridized carbons (Fsp3) is 0.381. The molecule has 26 heavy (non-hydrogen) atoms. The fourth-order valence-corrected chi connectivity index (χ4v) is 2.66. The van der Waals surface area contributed by atoms with Crippen molar-refractivity contribution in [3.63, 3.8) is 0 Å².